The number of carboxylic acids is 1. The fourth-order valence-corrected chi connectivity index (χ4v) is 3.76. The van der Waals surface area contributed by atoms with Crippen LogP contribution in [-0.2, 0) is 6.61 Å². The number of rotatable bonds is 7. The van der Waals surface area contributed by atoms with Gasteiger partial charge in [0.25, 0.3) is 0 Å². The Morgan fingerprint density at radius 2 is 1.75 bits per heavy atom. The second kappa shape index (κ2) is 9.74. The molecule has 0 aromatic heterocycles. The number of esters is 1. The van der Waals surface area contributed by atoms with Crippen molar-refractivity contribution in [3.63, 3.8) is 0 Å². The summed E-state index contributed by atoms with van der Waals surface area (Å²) in [7, 11) is 1.43. The highest BCUT2D eigenvalue weighted by Crippen LogP contribution is 2.39. The molecule has 0 bridgehead atoms. The lowest BCUT2D eigenvalue weighted by Crippen LogP contribution is -2.14. The highest BCUT2D eigenvalue weighted by atomic mass is 79.9. The molecule has 0 amide bonds. The van der Waals surface area contributed by atoms with Gasteiger partial charge in [0.05, 0.1) is 11.6 Å². The number of aryl methyl sites for hydroxylation is 1. The van der Waals surface area contributed by atoms with Gasteiger partial charge in [0.2, 0.25) is 0 Å². The Morgan fingerprint density at radius 3 is 2.38 bits per heavy atom. The molecule has 32 heavy (non-hydrogen) atoms. The van der Waals surface area contributed by atoms with Crippen LogP contribution in [0.4, 0.5) is 0 Å². The zero-order chi connectivity index (χ0) is 23.4. The van der Waals surface area contributed by atoms with E-state index in [1.807, 2.05) is 30.3 Å². The SMILES string of the molecule is COc1cc(OCc2ccccc2)cc(C)c1C(=O)Oc1c(Br)cc(C(=O)O)c(O)c1C. The van der Waals surface area contributed by atoms with Gasteiger partial charge in [0.15, 0.2) is 5.75 Å². The standard InChI is InChI=1S/C24H21BrO7/c1-13-9-16(31-12-15-7-5-4-6-8-15)10-19(30-3)20(13)24(29)32-22-14(2)21(26)17(23(27)28)11-18(22)25/h4-11,26H,12H2,1-3H3,(H,27,28). The van der Waals surface area contributed by atoms with Crippen LogP contribution in [-0.4, -0.2) is 29.3 Å². The van der Waals surface area contributed by atoms with Gasteiger partial charge >= 0.3 is 11.9 Å². The molecule has 0 aliphatic rings. The third-order valence-electron chi connectivity index (χ3n) is 4.81. The number of hydrogen-bond donors (Lipinski definition) is 2. The van der Waals surface area contributed by atoms with Gasteiger partial charge in [-0.3, -0.25) is 0 Å². The van der Waals surface area contributed by atoms with Crippen LogP contribution in [0.5, 0.6) is 23.0 Å². The summed E-state index contributed by atoms with van der Waals surface area (Å²) in [5, 5.41) is 19.4. The monoisotopic (exact) mass is 500 g/mol. The lowest BCUT2D eigenvalue weighted by molar-refractivity contribution is 0.0693. The molecular formula is C24H21BrO7. The van der Waals surface area contributed by atoms with E-state index >= 15 is 0 Å². The number of ether oxygens (including phenoxy) is 3. The zero-order valence-corrected chi connectivity index (χ0v) is 19.2. The van der Waals surface area contributed by atoms with Crippen LogP contribution >= 0.6 is 15.9 Å². The van der Waals surface area contributed by atoms with E-state index in [0.29, 0.717) is 17.9 Å². The predicted molar refractivity (Wildman–Crippen MR) is 121 cm³/mol. The summed E-state index contributed by atoms with van der Waals surface area (Å²) in [6, 6.07) is 14.1. The first-order chi connectivity index (χ1) is 15.2. The molecule has 3 aromatic carbocycles. The fourth-order valence-electron chi connectivity index (χ4n) is 3.15. The number of aromatic carboxylic acids is 1. The molecule has 2 N–H and O–H groups in total. The fraction of sp³-hybridized carbons (Fsp3) is 0.167. The molecule has 0 heterocycles. The minimum absolute atomic E-state index is 0.0170. The molecule has 0 saturated heterocycles. The van der Waals surface area contributed by atoms with Gasteiger partial charge in [-0.1, -0.05) is 30.3 Å². The van der Waals surface area contributed by atoms with Crippen LogP contribution in [0.1, 0.15) is 37.4 Å². The average molecular weight is 501 g/mol. The van der Waals surface area contributed by atoms with E-state index in [2.05, 4.69) is 15.9 Å². The Hall–Kier alpha value is -3.52. The number of carboxylic acid groups (broad SMARTS) is 1. The highest BCUT2D eigenvalue weighted by molar-refractivity contribution is 9.10. The van der Waals surface area contributed by atoms with Crippen molar-refractivity contribution in [3.8, 4) is 23.0 Å². The van der Waals surface area contributed by atoms with Crippen LogP contribution in [0.2, 0.25) is 0 Å². The maximum atomic E-state index is 13.0. The number of methoxy groups -OCH3 is 1. The van der Waals surface area contributed by atoms with Crippen molar-refractivity contribution in [1.82, 2.24) is 0 Å². The van der Waals surface area contributed by atoms with Crippen molar-refractivity contribution in [3.05, 3.63) is 80.8 Å². The van der Waals surface area contributed by atoms with Gasteiger partial charge in [0, 0.05) is 11.6 Å². The third-order valence-corrected chi connectivity index (χ3v) is 5.40. The minimum atomic E-state index is -1.30. The third kappa shape index (κ3) is 4.86. The lowest BCUT2D eigenvalue weighted by Gasteiger charge is -2.16. The molecule has 7 nitrogen and oxygen atoms in total. The first-order valence-corrected chi connectivity index (χ1v) is 10.3. The number of aromatic hydroxyl groups is 1. The van der Waals surface area contributed by atoms with E-state index in [4.69, 9.17) is 14.2 Å². The summed E-state index contributed by atoms with van der Waals surface area (Å²) in [6.45, 7) is 3.54. The van der Waals surface area contributed by atoms with Gasteiger partial charge in [-0.15, -0.1) is 0 Å². The Morgan fingerprint density at radius 1 is 1.06 bits per heavy atom. The summed E-state index contributed by atoms with van der Waals surface area (Å²) in [5.41, 5.74) is 1.56. The van der Waals surface area contributed by atoms with Gasteiger partial charge in [0.1, 0.15) is 35.0 Å². The molecule has 0 aliphatic heterocycles. The molecule has 0 spiro atoms. The van der Waals surface area contributed by atoms with Crippen molar-refractivity contribution < 1.29 is 34.0 Å². The highest BCUT2D eigenvalue weighted by Gasteiger charge is 2.24. The number of halogens is 1. The number of benzene rings is 3. The molecule has 0 saturated carbocycles. The molecule has 166 valence electrons. The van der Waals surface area contributed by atoms with Crippen molar-refractivity contribution in [2.45, 2.75) is 20.5 Å². The van der Waals surface area contributed by atoms with Crippen molar-refractivity contribution >= 4 is 27.9 Å². The molecule has 0 fully saturated rings. The quantitative estimate of drug-likeness (QED) is 0.336. The molecule has 0 radical (unpaired) electrons. The Balaban J connectivity index is 1.88. The first kappa shape index (κ1) is 23.1. The number of carbonyl (C=O) groups is 2. The van der Waals surface area contributed by atoms with Crippen LogP contribution in [0.25, 0.3) is 0 Å². The van der Waals surface area contributed by atoms with Crippen molar-refractivity contribution in [1.29, 1.82) is 0 Å². The predicted octanol–water partition coefficient (Wildman–Crippen LogP) is 5.28. The van der Waals surface area contributed by atoms with E-state index in [9.17, 15) is 19.8 Å². The number of carbonyl (C=O) groups excluding carboxylic acids is 1. The maximum Gasteiger partial charge on any atom is 0.347 e. The Bertz CT molecular complexity index is 1170. The van der Waals surface area contributed by atoms with E-state index in [0.717, 1.165) is 5.56 Å². The molecule has 0 atom stereocenters. The second-order valence-electron chi connectivity index (χ2n) is 7.00. The summed E-state index contributed by atoms with van der Waals surface area (Å²) in [5.74, 6) is -1.69. The van der Waals surface area contributed by atoms with E-state index in [-0.39, 0.29) is 32.7 Å². The molecule has 0 aliphatic carbocycles. The first-order valence-electron chi connectivity index (χ1n) is 9.55. The molecule has 0 unspecified atom stereocenters. The largest absolute Gasteiger partial charge is 0.507 e. The second-order valence-corrected chi connectivity index (χ2v) is 7.85. The van der Waals surface area contributed by atoms with Crippen LogP contribution in [0, 0.1) is 13.8 Å². The van der Waals surface area contributed by atoms with Crippen LogP contribution < -0.4 is 14.2 Å². The summed E-state index contributed by atoms with van der Waals surface area (Å²) in [6.07, 6.45) is 0. The molecule has 8 heteroatoms. The zero-order valence-electron chi connectivity index (χ0n) is 17.6. The molecule has 3 rings (SSSR count). The topological polar surface area (TPSA) is 102 Å². The van der Waals surface area contributed by atoms with Crippen molar-refractivity contribution in [2.75, 3.05) is 7.11 Å². The Labute approximate surface area is 193 Å². The van der Waals surface area contributed by atoms with Crippen LogP contribution in [0.3, 0.4) is 0 Å². The molecular weight excluding hydrogens is 480 g/mol. The minimum Gasteiger partial charge on any atom is -0.507 e. The van der Waals surface area contributed by atoms with E-state index in [1.54, 1.807) is 19.1 Å². The summed E-state index contributed by atoms with van der Waals surface area (Å²) < 4.78 is 17.0. The van der Waals surface area contributed by atoms with Gasteiger partial charge in [-0.25, -0.2) is 9.59 Å². The van der Waals surface area contributed by atoms with Gasteiger partial charge in [-0.05, 0) is 53.0 Å². The van der Waals surface area contributed by atoms with Gasteiger partial charge in [-0.2, -0.15) is 0 Å². The van der Waals surface area contributed by atoms with E-state index in [1.165, 1.54) is 20.1 Å². The summed E-state index contributed by atoms with van der Waals surface area (Å²) in [4.78, 5) is 24.2. The van der Waals surface area contributed by atoms with Crippen molar-refractivity contribution in [2.24, 2.45) is 0 Å². The van der Waals surface area contributed by atoms with E-state index < -0.39 is 17.7 Å². The summed E-state index contributed by atoms with van der Waals surface area (Å²) >= 11 is 3.21. The average Bonchev–Trinajstić information content (AvgIpc) is 2.77. The number of hydrogen-bond acceptors (Lipinski definition) is 6. The van der Waals surface area contributed by atoms with Crippen LogP contribution in [0.15, 0.2) is 53.0 Å². The van der Waals surface area contributed by atoms with Gasteiger partial charge < -0.3 is 24.4 Å². The smallest absolute Gasteiger partial charge is 0.347 e. The normalized spacial score (nSPS) is 10.5. The Kier molecular flexibility index (Phi) is 7.05. The maximum absolute atomic E-state index is 13.0. The number of phenols is 1. The lowest BCUT2D eigenvalue weighted by atomic mass is 10.1. The molecule has 3 aromatic rings.